The van der Waals surface area contributed by atoms with Crippen LogP contribution in [0, 0.1) is 50.2 Å². The molecule has 0 aromatic heterocycles. The van der Waals surface area contributed by atoms with E-state index in [1.165, 1.54) is 0 Å². The van der Waals surface area contributed by atoms with Gasteiger partial charge in [0, 0.05) is 0 Å². The van der Waals surface area contributed by atoms with Gasteiger partial charge in [0.1, 0.15) is 0 Å². The molecule has 0 aromatic rings. The molecule has 2 N–H and O–H groups in total. The second-order valence-corrected chi connectivity index (χ2v) is 15.4. The van der Waals surface area contributed by atoms with Crippen LogP contribution in [-0.4, -0.2) is 35.5 Å². The van der Waals surface area contributed by atoms with E-state index in [4.69, 9.17) is 4.74 Å². The van der Waals surface area contributed by atoms with Crippen LogP contribution >= 0.6 is 0 Å². The normalized spacial score (nSPS) is 52.2. The Morgan fingerprint density at radius 2 is 1.57 bits per heavy atom. The van der Waals surface area contributed by atoms with Crippen LogP contribution in [0.1, 0.15) is 106 Å². The van der Waals surface area contributed by atoms with Crippen molar-refractivity contribution in [2.75, 3.05) is 7.11 Å². The average Bonchev–Trinajstić information content (AvgIpc) is 2.77. The first-order chi connectivity index (χ1) is 16.1. The van der Waals surface area contributed by atoms with E-state index < -0.39 is 12.2 Å². The molecule has 4 heteroatoms. The van der Waals surface area contributed by atoms with Crippen LogP contribution in [-0.2, 0) is 9.53 Å². The fraction of sp³-hybridized carbons (Fsp3) is 0.903. The lowest BCUT2D eigenvalue weighted by atomic mass is 9.33. The molecule has 5 aliphatic carbocycles. The fourth-order valence-corrected chi connectivity index (χ4v) is 11.0. The molecule has 4 fully saturated rings. The van der Waals surface area contributed by atoms with Crippen LogP contribution < -0.4 is 0 Å². The van der Waals surface area contributed by atoms with E-state index in [1.54, 1.807) is 12.7 Å². The van der Waals surface area contributed by atoms with Gasteiger partial charge >= 0.3 is 5.97 Å². The van der Waals surface area contributed by atoms with Gasteiger partial charge in [0.05, 0.1) is 24.7 Å². The van der Waals surface area contributed by atoms with E-state index in [1.807, 2.05) is 0 Å². The van der Waals surface area contributed by atoms with Crippen LogP contribution in [0.4, 0.5) is 0 Å². The molecule has 0 spiro atoms. The van der Waals surface area contributed by atoms with E-state index >= 15 is 0 Å². The number of fused-ring (bicyclic) bond motifs is 7. The highest BCUT2D eigenvalue weighted by atomic mass is 16.5. The van der Waals surface area contributed by atoms with Crippen molar-refractivity contribution in [1.82, 2.24) is 0 Å². The third kappa shape index (κ3) is 3.14. The van der Waals surface area contributed by atoms with Crippen LogP contribution in [0.25, 0.3) is 0 Å². The standard InChI is InChI=1S/C31H50O4/c1-26(2)13-15-31(25(34)35-8)16-14-29(6)19(20(31)17-26)9-10-23-28(5)18-21(32)24(33)27(3,4)22(28)11-12-30(23,29)7/h9,20-24,32-33H,10-18H2,1-8H3/t20-,21-,22-,23-,24+,28+,29+,30+,31+/m1/s1. The summed E-state index contributed by atoms with van der Waals surface area (Å²) in [6, 6.07) is 0. The van der Waals surface area contributed by atoms with Crippen LogP contribution in [0.5, 0.6) is 0 Å². The molecular weight excluding hydrogens is 436 g/mol. The van der Waals surface area contributed by atoms with E-state index in [-0.39, 0.29) is 44.4 Å². The number of esters is 1. The maximum absolute atomic E-state index is 13.4. The molecule has 5 rings (SSSR count). The van der Waals surface area contributed by atoms with Crippen molar-refractivity contribution in [3.8, 4) is 0 Å². The summed E-state index contributed by atoms with van der Waals surface area (Å²) in [7, 11) is 1.57. The van der Waals surface area contributed by atoms with Crippen molar-refractivity contribution in [2.24, 2.45) is 50.2 Å². The molecular formula is C31H50O4. The van der Waals surface area contributed by atoms with Crippen LogP contribution in [0.3, 0.4) is 0 Å². The zero-order chi connectivity index (χ0) is 25.8. The number of carbonyl (C=O) groups excluding carboxylic acids is 1. The third-order valence-corrected chi connectivity index (χ3v) is 13.2. The van der Waals surface area contributed by atoms with Gasteiger partial charge in [-0.3, -0.25) is 4.79 Å². The minimum absolute atomic E-state index is 0.00929. The van der Waals surface area contributed by atoms with E-state index in [0.717, 1.165) is 51.4 Å². The van der Waals surface area contributed by atoms with E-state index in [2.05, 4.69) is 54.5 Å². The van der Waals surface area contributed by atoms with E-state index in [0.29, 0.717) is 18.3 Å². The summed E-state index contributed by atoms with van der Waals surface area (Å²) in [5.74, 6) is 1.13. The quantitative estimate of drug-likeness (QED) is 0.337. The number of ether oxygens (including phenoxy) is 1. The predicted octanol–water partition coefficient (Wildman–Crippen LogP) is 6.29. The number of hydrogen-bond acceptors (Lipinski definition) is 4. The SMILES string of the molecule is COC(=O)[C@]12CCC(C)(C)C[C@@H]1C1=CC[C@@H]3[C@@]4(C)C[C@@H](O)[C@H](O)C(C)(C)[C@H]4CC[C@]3(C)[C@@]1(C)CC2. The zero-order valence-electron chi connectivity index (χ0n) is 23.5. The highest BCUT2D eigenvalue weighted by molar-refractivity contribution is 5.78. The van der Waals surface area contributed by atoms with Gasteiger partial charge in [-0.25, -0.2) is 0 Å². The van der Waals surface area contributed by atoms with Gasteiger partial charge < -0.3 is 14.9 Å². The minimum Gasteiger partial charge on any atom is -0.469 e. The molecule has 198 valence electrons. The summed E-state index contributed by atoms with van der Waals surface area (Å²) >= 11 is 0. The average molecular weight is 487 g/mol. The summed E-state index contributed by atoms with van der Waals surface area (Å²) in [4.78, 5) is 13.4. The molecule has 0 aliphatic heterocycles. The summed E-state index contributed by atoms with van der Waals surface area (Å²) in [5, 5.41) is 21.9. The van der Waals surface area contributed by atoms with Crippen LogP contribution in [0.15, 0.2) is 11.6 Å². The molecule has 0 bridgehead atoms. The van der Waals surface area contributed by atoms with Crippen molar-refractivity contribution in [1.29, 1.82) is 0 Å². The first kappa shape index (κ1) is 25.8. The molecule has 0 radical (unpaired) electrons. The first-order valence-corrected chi connectivity index (χ1v) is 14.2. The van der Waals surface area contributed by atoms with Crippen molar-refractivity contribution in [2.45, 2.75) is 118 Å². The number of aliphatic hydroxyl groups excluding tert-OH is 2. The zero-order valence-corrected chi connectivity index (χ0v) is 23.5. The maximum Gasteiger partial charge on any atom is 0.312 e. The Morgan fingerprint density at radius 3 is 2.23 bits per heavy atom. The second-order valence-electron chi connectivity index (χ2n) is 15.4. The van der Waals surface area contributed by atoms with E-state index in [9.17, 15) is 15.0 Å². The number of allylic oxidation sites excluding steroid dienone is 2. The number of rotatable bonds is 1. The van der Waals surface area contributed by atoms with Gasteiger partial charge in [0.25, 0.3) is 0 Å². The van der Waals surface area contributed by atoms with Gasteiger partial charge in [0.2, 0.25) is 0 Å². The Kier molecular flexibility index (Phi) is 5.59. The molecule has 4 saturated carbocycles. The number of aliphatic hydroxyl groups is 2. The lowest BCUT2D eigenvalue weighted by Gasteiger charge is -2.71. The summed E-state index contributed by atoms with van der Waals surface area (Å²) in [6.07, 6.45) is 10.2. The molecule has 0 unspecified atom stereocenters. The largest absolute Gasteiger partial charge is 0.469 e. The van der Waals surface area contributed by atoms with Gasteiger partial charge in [-0.1, -0.05) is 60.1 Å². The fourth-order valence-electron chi connectivity index (χ4n) is 11.0. The Hall–Kier alpha value is -0.870. The lowest BCUT2D eigenvalue weighted by molar-refractivity contribution is -0.232. The molecule has 9 atom stereocenters. The highest BCUT2D eigenvalue weighted by Crippen LogP contribution is 2.75. The predicted molar refractivity (Wildman–Crippen MR) is 138 cm³/mol. The van der Waals surface area contributed by atoms with Crippen molar-refractivity contribution < 1.29 is 19.7 Å². The van der Waals surface area contributed by atoms with Gasteiger partial charge in [-0.05, 0) is 103 Å². The highest BCUT2D eigenvalue weighted by Gasteiger charge is 2.70. The summed E-state index contributed by atoms with van der Waals surface area (Å²) in [6.45, 7) is 16.6. The molecule has 5 aliphatic rings. The number of carbonyl (C=O) groups is 1. The second kappa shape index (κ2) is 7.59. The summed E-state index contributed by atoms with van der Waals surface area (Å²) in [5.41, 5.74) is 1.26. The van der Waals surface area contributed by atoms with Crippen molar-refractivity contribution >= 4 is 5.97 Å². The maximum atomic E-state index is 13.4. The molecule has 0 amide bonds. The number of hydrogen-bond donors (Lipinski definition) is 2. The van der Waals surface area contributed by atoms with Gasteiger partial charge in [-0.2, -0.15) is 0 Å². The topological polar surface area (TPSA) is 66.8 Å². The summed E-state index contributed by atoms with van der Waals surface area (Å²) < 4.78 is 5.48. The van der Waals surface area contributed by atoms with Gasteiger partial charge in [0.15, 0.2) is 0 Å². The molecule has 0 saturated heterocycles. The first-order valence-electron chi connectivity index (χ1n) is 14.2. The number of methoxy groups -OCH3 is 1. The molecule has 0 aromatic carbocycles. The monoisotopic (exact) mass is 486 g/mol. The van der Waals surface area contributed by atoms with Crippen molar-refractivity contribution in [3.63, 3.8) is 0 Å². The third-order valence-electron chi connectivity index (χ3n) is 13.2. The minimum atomic E-state index is -0.663. The Morgan fingerprint density at radius 1 is 0.914 bits per heavy atom. The molecule has 0 heterocycles. The Labute approximate surface area is 213 Å². The smallest absolute Gasteiger partial charge is 0.312 e. The van der Waals surface area contributed by atoms with Crippen molar-refractivity contribution in [3.05, 3.63) is 11.6 Å². The Balaban J connectivity index is 1.61. The molecule has 35 heavy (non-hydrogen) atoms. The molecule has 4 nitrogen and oxygen atoms in total. The van der Waals surface area contributed by atoms with Crippen LogP contribution in [0.2, 0.25) is 0 Å². The van der Waals surface area contributed by atoms with Gasteiger partial charge in [-0.15, -0.1) is 0 Å². The Bertz CT molecular complexity index is 934. The lowest BCUT2D eigenvalue weighted by Crippen LogP contribution is -2.67.